The van der Waals surface area contributed by atoms with Crippen molar-refractivity contribution in [3.63, 3.8) is 0 Å². The zero-order chi connectivity index (χ0) is 16.2. The van der Waals surface area contributed by atoms with Gasteiger partial charge in [0.15, 0.2) is 0 Å². The van der Waals surface area contributed by atoms with Crippen LogP contribution in [0.3, 0.4) is 0 Å². The van der Waals surface area contributed by atoms with Crippen LogP contribution in [0.1, 0.15) is 37.7 Å². The first-order chi connectivity index (χ1) is 11.9. The third kappa shape index (κ3) is 3.03. The minimum absolute atomic E-state index is 0.00327. The van der Waals surface area contributed by atoms with Crippen molar-refractivity contribution in [2.45, 2.75) is 44.1 Å². The number of para-hydroxylation sites is 2. The zero-order valence-corrected chi connectivity index (χ0v) is 14.1. The number of amidine groups is 1. The normalized spacial score (nSPS) is 20.2. The van der Waals surface area contributed by atoms with Crippen molar-refractivity contribution in [1.29, 1.82) is 0 Å². The number of aliphatic imine (C=N–C) groups is 1. The predicted octanol–water partition coefficient (Wildman–Crippen LogP) is 4.87. The van der Waals surface area contributed by atoms with Crippen molar-refractivity contribution in [2.24, 2.45) is 4.99 Å². The third-order valence-electron chi connectivity index (χ3n) is 5.23. The van der Waals surface area contributed by atoms with Crippen LogP contribution < -0.4 is 10.6 Å². The van der Waals surface area contributed by atoms with Gasteiger partial charge in [-0.25, -0.2) is 0 Å². The molecule has 0 amide bonds. The van der Waals surface area contributed by atoms with E-state index in [9.17, 15) is 0 Å². The van der Waals surface area contributed by atoms with Gasteiger partial charge >= 0.3 is 0 Å². The first-order valence-corrected chi connectivity index (χ1v) is 9.09. The lowest BCUT2D eigenvalue weighted by molar-refractivity contribution is 0.403. The van der Waals surface area contributed by atoms with Crippen LogP contribution in [0.5, 0.6) is 0 Å². The molecule has 1 aliphatic carbocycles. The Hall–Kier alpha value is -2.29. The Kier molecular flexibility index (Phi) is 4.24. The Morgan fingerprint density at radius 1 is 0.833 bits per heavy atom. The second-order valence-electron chi connectivity index (χ2n) is 6.90. The molecular weight excluding hydrogens is 294 g/mol. The largest absolute Gasteiger partial charge is 0.371 e. The molecule has 2 N–H and O–H groups in total. The summed E-state index contributed by atoms with van der Waals surface area (Å²) in [6.45, 7) is 0.831. The predicted molar refractivity (Wildman–Crippen MR) is 102 cm³/mol. The van der Waals surface area contributed by atoms with Gasteiger partial charge in [0, 0.05) is 6.54 Å². The van der Waals surface area contributed by atoms with Crippen LogP contribution in [0.4, 0.5) is 11.4 Å². The minimum Gasteiger partial charge on any atom is -0.371 e. The van der Waals surface area contributed by atoms with Gasteiger partial charge < -0.3 is 10.6 Å². The lowest BCUT2D eigenvalue weighted by atomic mass is 9.79. The monoisotopic (exact) mass is 319 g/mol. The average molecular weight is 319 g/mol. The first-order valence-electron chi connectivity index (χ1n) is 9.09. The highest BCUT2D eigenvalue weighted by Crippen LogP contribution is 2.39. The maximum absolute atomic E-state index is 5.00. The molecular formula is C21H25N3. The van der Waals surface area contributed by atoms with E-state index in [0.717, 1.165) is 24.5 Å². The molecule has 1 fully saturated rings. The molecule has 4 rings (SSSR count). The van der Waals surface area contributed by atoms with E-state index in [1.165, 1.54) is 43.4 Å². The number of rotatable bonds is 3. The zero-order valence-electron chi connectivity index (χ0n) is 14.1. The van der Waals surface area contributed by atoms with E-state index in [0.29, 0.717) is 0 Å². The van der Waals surface area contributed by atoms with E-state index in [4.69, 9.17) is 4.99 Å². The number of hydrogen-bond donors (Lipinski definition) is 2. The molecule has 1 spiro atoms. The van der Waals surface area contributed by atoms with Crippen molar-refractivity contribution < 1.29 is 0 Å². The van der Waals surface area contributed by atoms with Gasteiger partial charge in [-0.15, -0.1) is 0 Å². The maximum Gasteiger partial charge on any atom is 0.127 e. The first kappa shape index (κ1) is 15.3. The highest BCUT2D eigenvalue weighted by atomic mass is 15.2. The summed E-state index contributed by atoms with van der Waals surface area (Å²) >= 11 is 0. The number of fused-ring (bicyclic) bond motifs is 1. The molecule has 2 aromatic rings. The third-order valence-corrected chi connectivity index (χ3v) is 5.23. The van der Waals surface area contributed by atoms with E-state index < -0.39 is 0 Å². The van der Waals surface area contributed by atoms with Crippen molar-refractivity contribution in [3.05, 3.63) is 60.2 Å². The molecule has 0 aromatic heterocycles. The number of anilines is 2. The van der Waals surface area contributed by atoms with E-state index in [-0.39, 0.29) is 5.54 Å². The molecule has 0 saturated heterocycles. The molecule has 124 valence electrons. The van der Waals surface area contributed by atoms with Crippen LogP contribution in [0.2, 0.25) is 0 Å². The molecule has 0 unspecified atom stereocenters. The molecule has 24 heavy (non-hydrogen) atoms. The summed E-state index contributed by atoms with van der Waals surface area (Å²) in [6, 6.07) is 19.1. The van der Waals surface area contributed by atoms with Gasteiger partial charge in [0.2, 0.25) is 0 Å². The second kappa shape index (κ2) is 6.68. The Balaban J connectivity index is 1.57. The number of nitrogens with one attached hydrogen (secondary N) is 2. The van der Waals surface area contributed by atoms with Crippen LogP contribution in [-0.2, 0) is 6.42 Å². The lowest BCUT2D eigenvalue weighted by Gasteiger charge is -2.44. The smallest absolute Gasteiger partial charge is 0.127 e. The van der Waals surface area contributed by atoms with Gasteiger partial charge in [-0.3, -0.25) is 4.99 Å². The van der Waals surface area contributed by atoms with Crippen LogP contribution in [0.15, 0.2) is 59.6 Å². The number of nitrogens with zero attached hydrogens (tertiary/aromatic N) is 1. The molecule has 1 aliphatic heterocycles. The fraction of sp³-hybridized carbons (Fsp3) is 0.381. The summed E-state index contributed by atoms with van der Waals surface area (Å²) in [6.07, 6.45) is 7.20. The molecule has 2 aliphatic rings. The molecule has 0 atom stereocenters. The van der Waals surface area contributed by atoms with Crippen molar-refractivity contribution in [1.82, 2.24) is 0 Å². The highest BCUT2D eigenvalue weighted by molar-refractivity contribution is 6.09. The lowest BCUT2D eigenvalue weighted by Crippen LogP contribution is -2.53. The Bertz CT molecular complexity index is 715. The van der Waals surface area contributed by atoms with Gasteiger partial charge in [-0.2, -0.15) is 0 Å². The summed E-state index contributed by atoms with van der Waals surface area (Å²) in [5.41, 5.74) is 3.71. The summed E-state index contributed by atoms with van der Waals surface area (Å²) in [5.74, 6) is 1.14. The topological polar surface area (TPSA) is 36.4 Å². The van der Waals surface area contributed by atoms with Crippen molar-refractivity contribution in [3.8, 4) is 0 Å². The Morgan fingerprint density at radius 3 is 2.33 bits per heavy atom. The number of benzene rings is 2. The van der Waals surface area contributed by atoms with Crippen molar-refractivity contribution >= 4 is 17.2 Å². The average Bonchev–Trinajstić information content (AvgIpc) is 2.64. The SMILES string of the molecule is c1ccc(CCN=C2Nc3ccccc3NC23CCCCC3)cc1. The molecule has 0 bridgehead atoms. The van der Waals surface area contributed by atoms with Crippen LogP contribution in [0.25, 0.3) is 0 Å². The molecule has 2 aromatic carbocycles. The van der Waals surface area contributed by atoms with Crippen molar-refractivity contribution in [2.75, 3.05) is 17.2 Å². The van der Waals surface area contributed by atoms with Crippen LogP contribution in [0, 0.1) is 0 Å². The van der Waals surface area contributed by atoms with E-state index in [1.807, 2.05) is 0 Å². The van der Waals surface area contributed by atoms with E-state index in [1.54, 1.807) is 0 Å². The van der Waals surface area contributed by atoms with Gasteiger partial charge in [0.05, 0.1) is 16.9 Å². The Labute approximate surface area is 144 Å². The molecule has 3 heteroatoms. The van der Waals surface area contributed by atoms with E-state index >= 15 is 0 Å². The summed E-state index contributed by atoms with van der Waals surface area (Å²) in [5, 5.41) is 7.45. The van der Waals surface area contributed by atoms with Gasteiger partial charge in [-0.1, -0.05) is 61.7 Å². The van der Waals surface area contributed by atoms with Crippen LogP contribution >= 0.6 is 0 Å². The molecule has 1 heterocycles. The standard InChI is InChI=1S/C21H25N3/c1-3-9-17(10-4-1)13-16-22-20-21(14-7-2-8-15-21)24-19-12-6-5-11-18(19)23-20/h1,3-6,9-12,24H,2,7-8,13-16H2,(H,22,23). The second-order valence-corrected chi connectivity index (χ2v) is 6.90. The van der Waals surface area contributed by atoms with Crippen LogP contribution in [-0.4, -0.2) is 17.9 Å². The molecule has 0 radical (unpaired) electrons. The molecule has 1 saturated carbocycles. The fourth-order valence-electron chi connectivity index (χ4n) is 3.91. The number of hydrogen-bond acceptors (Lipinski definition) is 2. The van der Waals surface area contributed by atoms with E-state index in [2.05, 4.69) is 65.2 Å². The summed E-state index contributed by atoms with van der Waals surface area (Å²) < 4.78 is 0. The molecule has 3 nitrogen and oxygen atoms in total. The Morgan fingerprint density at radius 2 is 1.54 bits per heavy atom. The quantitative estimate of drug-likeness (QED) is 0.847. The highest BCUT2D eigenvalue weighted by Gasteiger charge is 2.40. The van der Waals surface area contributed by atoms with Gasteiger partial charge in [-0.05, 0) is 37.0 Å². The summed E-state index contributed by atoms with van der Waals surface area (Å²) in [4.78, 5) is 5.00. The van der Waals surface area contributed by atoms with Gasteiger partial charge in [0.25, 0.3) is 0 Å². The summed E-state index contributed by atoms with van der Waals surface area (Å²) in [7, 11) is 0. The minimum atomic E-state index is 0.00327. The maximum atomic E-state index is 5.00. The fourth-order valence-corrected chi connectivity index (χ4v) is 3.91. The van der Waals surface area contributed by atoms with Gasteiger partial charge in [0.1, 0.15) is 5.84 Å².